The van der Waals surface area contributed by atoms with E-state index < -0.39 is 5.54 Å². The molecule has 0 radical (unpaired) electrons. The highest BCUT2D eigenvalue weighted by Crippen LogP contribution is 2.10. The first-order valence-electron chi connectivity index (χ1n) is 3.99. The summed E-state index contributed by atoms with van der Waals surface area (Å²) >= 11 is 0. The van der Waals surface area contributed by atoms with E-state index in [2.05, 4.69) is 5.32 Å². The largest absolute Gasteiger partial charge is 0.464 e. The van der Waals surface area contributed by atoms with Gasteiger partial charge in [0, 0.05) is 0 Å². The Bertz CT molecular complexity index is 170. The van der Waals surface area contributed by atoms with Gasteiger partial charge in [0.2, 0.25) is 6.41 Å². The van der Waals surface area contributed by atoms with Gasteiger partial charge in [0.05, 0.1) is 6.61 Å². The van der Waals surface area contributed by atoms with E-state index >= 15 is 0 Å². The molecule has 70 valence electrons. The van der Waals surface area contributed by atoms with E-state index in [1.165, 1.54) is 0 Å². The van der Waals surface area contributed by atoms with Gasteiger partial charge in [0.25, 0.3) is 0 Å². The maximum absolute atomic E-state index is 11.2. The number of carbonyl (C=O) groups is 2. The molecular formula is C8H15NO3. The Morgan fingerprint density at radius 2 is 2.17 bits per heavy atom. The first kappa shape index (κ1) is 10.9. The van der Waals surface area contributed by atoms with E-state index in [9.17, 15) is 9.59 Å². The van der Waals surface area contributed by atoms with Gasteiger partial charge in [-0.05, 0) is 20.3 Å². The lowest BCUT2D eigenvalue weighted by Crippen LogP contribution is -2.49. The second-order valence-electron chi connectivity index (χ2n) is 2.67. The second kappa shape index (κ2) is 4.74. The average molecular weight is 173 g/mol. The van der Waals surface area contributed by atoms with Gasteiger partial charge in [-0.2, -0.15) is 0 Å². The van der Waals surface area contributed by atoms with Crippen molar-refractivity contribution in [2.24, 2.45) is 0 Å². The molecule has 0 saturated heterocycles. The van der Waals surface area contributed by atoms with Gasteiger partial charge in [-0.15, -0.1) is 0 Å². The molecule has 1 unspecified atom stereocenters. The number of amides is 1. The fourth-order valence-corrected chi connectivity index (χ4v) is 0.726. The summed E-state index contributed by atoms with van der Waals surface area (Å²) in [4.78, 5) is 21.4. The van der Waals surface area contributed by atoms with Gasteiger partial charge in [0.1, 0.15) is 5.54 Å². The number of hydrogen-bond acceptors (Lipinski definition) is 3. The molecule has 0 rings (SSSR count). The number of carbonyl (C=O) groups excluding carboxylic acids is 2. The Balaban J connectivity index is 4.28. The first-order chi connectivity index (χ1) is 5.60. The van der Waals surface area contributed by atoms with E-state index in [1.807, 2.05) is 6.92 Å². The van der Waals surface area contributed by atoms with E-state index in [-0.39, 0.29) is 5.97 Å². The Morgan fingerprint density at radius 3 is 2.50 bits per heavy atom. The fourth-order valence-electron chi connectivity index (χ4n) is 0.726. The molecule has 0 fully saturated rings. The van der Waals surface area contributed by atoms with Crippen LogP contribution in [0.15, 0.2) is 0 Å². The van der Waals surface area contributed by atoms with E-state index in [0.29, 0.717) is 19.4 Å². The van der Waals surface area contributed by atoms with Crippen molar-refractivity contribution < 1.29 is 14.3 Å². The maximum atomic E-state index is 11.2. The molecule has 0 aliphatic heterocycles. The second-order valence-corrected chi connectivity index (χ2v) is 2.67. The molecule has 1 N–H and O–H groups in total. The molecule has 0 bridgehead atoms. The van der Waals surface area contributed by atoms with Gasteiger partial charge in [-0.3, -0.25) is 4.79 Å². The van der Waals surface area contributed by atoms with Crippen LogP contribution in [0.25, 0.3) is 0 Å². The molecule has 0 aromatic heterocycles. The summed E-state index contributed by atoms with van der Waals surface area (Å²) in [6, 6.07) is 0. The zero-order valence-electron chi connectivity index (χ0n) is 7.72. The van der Waals surface area contributed by atoms with E-state index in [4.69, 9.17) is 4.74 Å². The molecule has 4 nitrogen and oxygen atoms in total. The van der Waals surface area contributed by atoms with Crippen LogP contribution in [0, 0.1) is 0 Å². The smallest absolute Gasteiger partial charge is 0.331 e. The van der Waals surface area contributed by atoms with Crippen LogP contribution in [0.5, 0.6) is 0 Å². The number of nitrogens with one attached hydrogen (secondary N) is 1. The van der Waals surface area contributed by atoms with Crippen LogP contribution in [-0.2, 0) is 14.3 Å². The number of hydrogen-bond donors (Lipinski definition) is 1. The van der Waals surface area contributed by atoms with Crippen LogP contribution < -0.4 is 5.32 Å². The van der Waals surface area contributed by atoms with Crippen molar-refractivity contribution in [1.29, 1.82) is 0 Å². The summed E-state index contributed by atoms with van der Waals surface area (Å²) in [5.74, 6) is -0.389. The summed E-state index contributed by atoms with van der Waals surface area (Å²) in [6.07, 6.45) is 1.03. The lowest BCUT2D eigenvalue weighted by Gasteiger charge is -2.24. The summed E-state index contributed by atoms with van der Waals surface area (Å²) in [7, 11) is 0. The van der Waals surface area contributed by atoms with Crippen LogP contribution in [-0.4, -0.2) is 24.5 Å². The van der Waals surface area contributed by atoms with Crippen LogP contribution in [0.1, 0.15) is 27.2 Å². The molecule has 12 heavy (non-hydrogen) atoms. The van der Waals surface area contributed by atoms with Crippen molar-refractivity contribution in [1.82, 2.24) is 5.32 Å². The first-order valence-corrected chi connectivity index (χ1v) is 3.99. The summed E-state index contributed by atoms with van der Waals surface area (Å²) in [6.45, 7) is 5.51. The van der Waals surface area contributed by atoms with Crippen molar-refractivity contribution in [2.75, 3.05) is 6.61 Å². The van der Waals surface area contributed by atoms with E-state index in [0.717, 1.165) is 0 Å². The molecule has 4 heteroatoms. The van der Waals surface area contributed by atoms with Crippen molar-refractivity contribution >= 4 is 12.4 Å². The lowest BCUT2D eigenvalue weighted by molar-refractivity contribution is -0.151. The number of ether oxygens (including phenoxy) is 1. The Hall–Kier alpha value is -1.06. The minimum atomic E-state index is -0.877. The van der Waals surface area contributed by atoms with Gasteiger partial charge in [0.15, 0.2) is 0 Å². The maximum Gasteiger partial charge on any atom is 0.331 e. The van der Waals surface area contributed by atoms with Crippen LogP contribution in [0.2, 0.25) is 0 Å². The predicted octanol–water partition coefficient (Wildman–Crippen LogP) is 0.464. The highest BCUT2D eigenvalue weighted by Gasteiger charge is 2.31. The van der Waals surface area contributed by atoms with Crippen LogP contribution in [0.3, 0.4) is 0 Å². The predicted molar refractivity (Wildman–Crippen MR) is 44.5 cm³/mol. The number of esters is 1. The molecular weight excluding hydrogens is 158 g/mol. The summed E-state index contributed by atoms with van der Waals surface area (Å²) in [5, 5.41) is 2.44. The molecule has 1 amide bonds. The van der Waals surface area contributed by atoms with Crippen molar-refractivity contribution in [3.8, 4) is 0 Å². The quantitative estimate of drug-likeness (QED) is 0.485. The van der Waals surface area contributed by atoms with Gasteiger partial charge >= 0.3 is 5.97 Å². The molecule has 0 aromatic carbocycles. The van der Waals surface area contributed by atoms with E-state index in [1.54, 1.807) is 13.8 Å². The highest BCUT2D eigenvalue weighted by atomic mass is 16.5. The Kier molecular flexibility index (Phi) is 4.33. The molecule has 0 saturated carbocycles. The molecule has 0 aromatic rings. The average Bonchev–Trinajstić information content (AvgIpc) is 2.05. The summed E-state index contributed by atoms with van der Waals surface area (Å²) < 4.78 is 4.79. The van der Waals surface area contributed by atoms with Crippen LogP contribution in [0.4, 0.5) is 0 Å². The van der Waals surface area contributed by atoms with Gasteiger partial charge < -0.3 is 10.1 Å². The Morgan fingerprint density at radius 1 is 1.58 bits per heavy atom. The SMILES string of the molecule is CCOC(=O)C(C)(CC)NC=O. The lowest BCUT2D eigenvalue weighted by atomic mass is 10.00. The normalized spacial score (nSPS) is 14.6. The zero-order valence-corrected chi connectivity index (χ0v) is 7.72. The monoisotopic (exact) mass is 173 g/mol. The zero-order chi connectivity index (χ0) is 9.61. The molecule has 0 heterocycles. The third-order valence-corrected chi connectivity index (χ3v) is 1.81. The van der Waals surface area contributed by atoms with Crippen molar-refractivity contribution in [2.45, 2.75) is 32.7 Å². The number of rotatable bonds is 5. The minimum Gasteiger partial charge on any atom is -0.464 e. The topological polar surface area (TPSA) is 55.4 Å². The molecule has 0 aliphatic rings. The van der Waals surface area contributed by atoms with Gasteiger partial charge in [-0.1, -0.05) is 6.92 Å². The van der Waals surface area contributed by atoms with Crippen molar-refractivity contribution in [3.63, 3.8) is 0 Å². The minimum absolute atomic E-state index is 0.328. The molecule has 0 spiro atoms. The Labute approximate surface area is 72.3 Å². The van der Waals surface area contributed by atoms with Gasteiger partial charge in [-0.25, -0.2) is 4.79 Å². The third kappa shape index (κ3) is 2.53. The highest BCUT2D eigenvalue weighted by molar-refractivity contribution is 5.82. The van der Waals surface area contributed by atoms with Crippen LogP contribution >= 0.6 is 0 Å². The summed E-state index contributed by atoms with van der Waals surface area (Å²) in [5.41, 5.74) is -0.877. The molecule has 1 atom stereocenters. The molecule has 0 aliphatic carbocycles. The van der Waals surface area contributed by atoms with Crippen molar-refractivity contribution in [3.05, 3.63) is 0 Å². The standard InChI is InChI=1S/C8H15NO3/c1-4-8(3,9-6-10)7(11)12-5-2/h6H,4-5H2,1-3H3,(H,9,10). The fraction of sp³-hybridized carbons (Fsp3) is 0.750. The third-order valence-electron chi connectivity index (χ3n) is 1.81.